The lowest BCUT2D eigenvalue weighted by Crippen LogP contribution is -2.28. The van der Waals surface area contributed by atoms with Gasteiger partial charge in [-0.25, -0.2) is 19.2 Å². The SMILES string of the molecule is O=C1OC(=O)c2cc(Oc3ccc(C4(c5ccc(Oc6ccc7c(c6)C(=O)OC7=O)cc5)CCCCCCCC4)cc3)ccc21. The molecule has 1 saturated carbocycles. The van der Waals surface area contributed by atoms with Gasteiger partial charge in [0.15, 0.2) is 0 Å². The van der Waals surface area contributed by atoms with Crippen molar-refractivity contribution in [3.8, 4) is 23.0 Å². The number of rotatable bonds is 6. The van der Waals surface area contributed by atoms with Gasteiger partial charge in [0.2, 0.25) is 0 Å². The summed E-state index contributed by atoms with van der Waals surface area (Å²) >= 11 is 0. The van der Waals surface area contributed by atoms with E-state index in [0.29, 0.717) is 23.0 Å². The maximum atomic E-state index is 12.0. The van der Waals surface area contributed by atoms with Gasteiger partial charge in [0.05, 0.1) is 22.3 Å². The molecule has 0 saturated heterocycles. The van der Waals surface area contributed by atoms with Crippen molar-refractivity contribution in [1.29, 1.82) is 0 Å². The average molecular weight is 603 g/mol. The first kappa shape index (κ1) is 28.5. The second-order valence-corrected chi connectivity index (χ2v) is 11.7. The van der Waals surface area contributed by atoms with Crippen molar-refractivity contribution in [2.75, 3.05) is 0 Å². The highest BCUT2D eigenvalue weighted by molar-refractivity contribution is 6.15. The molecule has 1 aliphatic carbocycles. The first-order valence-corrected chi connectivity index (χ1v) is 15.3. The van der Waals surface area contributed by atoms with Crippen molar-refractivity contribution in [2.45, 2.75) is 56.8 Å². The van der Waals surface area contributed by atoms with E-state index in [0.717, 1.165) is 25.7 Å². The lowest BCUT2D eigenvalue weighted by Gasteiger charge is -2.36. The molecule has 4 aromatic rings. The highest BCUT2D eigenvalue weighted by Crippen LogP contribution is 2.44. The van der Waals surface area contributed by atoms with Crippen molar-refractivity contribution >= 4 is 23.9 Å². The lowest BCUT2D eigenvalue weighted by atomic mass is 9.68. The maximum absolute atomic E-state index is 12.0. The van der Waals surface area contributed by atoms with Crippen LogP contribution in [0.1, 0.15) is 104 Å². The van der Waals surface area contributed by atoms with Crippen LogP contribution in [0, 0.1) is 0 Å². The van der Waals surface area contributed by atoms with E-state index in [1.165, 1.54) is 48.9 Å². The third kappa shape index (κ3) is 5.48. The van der Waals surface area contributed by atoms with Gasteiger partial charge in [0.25, 0.3) is 0 Å². The first-order valence-electron chi connectivity index (χ1n) is 15.3. The van der Waals surface area contributed by atoms with E-state index < -0.39 is 23.9 Å². The monoisotopic (exact) mass is 602 g/mol. The molecule has 0 aromatic heterocycles. The maximum Gasteiger partial charge on any atom is 0.347 e. The fraction of sp³-hybridized carbons (Fsp3) is 0.243. The molecule has 1 fully saturated rings. The van der Waals surface area contributed by atoms with Crippen LogP contribution in [0.25, 0.3) is 0 Å². The van der Waals surface area contributed by atoms with Gasteiger partial charge in [-0.3, -0.25) is 0 Å². The van der Waals surface area contributed by atoms with Crippen molar-refractivity contribution in [2.24, 2.45) is 0 Å². The Labute approximate surface area is 259 Å². The molecule has 7 rings (SSSR count). The number of ether oxygens (including phenoxy) is 4. The average Bonchev–Trinajstić information content (AvgIpc) is 3.54. The van der Waals surface area contributed by atoms with E-state index in [2.05, 4.69) is 24.3 Å². The van der Waals surface area contributed by atoms with Crippen LogP contribution in [0.15, 0.2) is 84.9 Å². The van der Waals surface area contributed by atoms with Crippen LogP contribution < -0.4 is 9.47 Å². The molecule has 2 aliphatic heterocycles. The Morgan fingerprint density at radius 2 is 0.778 bits per heavy atom. The van der Waals surface area contributed by atoms with Crippen LogP contribution in [0.3, 0.4) is 0 Å². The minimum absolute atomic E-state index is 0.198. The van der Waals surface area contributed by atoms with E-state index in [1.807, 2.05) is 24.3 Å². The normalized spacial score (nSPS) is 17.3. The highest BCUT2D eigenvalue weighted by atomic mass is 16.6. The Bertz CT molecular complexity index is 1690. The molecule has 4 aromatic carbocycles. The predicted molar refractivity (Wildman–Crippen MR) is 163 cm³/mol. The first-order chi connectivity index (χ1) is 21.9. The Morgan fingerprint density at radius 3 is 1.20 bits per heavy atom. The van der Waals surface area contributed by atoms with Gasteiger partial charge < -0.3 is 18.9 Å². The van der Waals surface area contributed by atoms with Crippen molar-refractivity contribution < 1.29 is 38.1 Å². The molecule has 0 unspecified atom stereocenters. The van der Waals surface area contributed by atoms with Crippen LogP contribution in [-0.2, 0) is 14.9 Å². The van der Waals surface area contributed by atoms with E-state index in [1.54, 1.807) is 24.3 Å². The number of carbonyl (C=O) groups is 4. The lowest BCUT2D eigenvalue weighted by molar-refractivity contribution is 0.0425. The van der Waals surface area contributed by atoms with Crippen LogP contribution >= 0.6 is 0 Å². The van der Waals surface area contributed by atoms with Gasteiger partial charge in [-0.2, -0.15) is 0 Å². The number of esters is 4. The summed E-state index contributed by atoms with van der Waals surface area (Å²) in [5.74, 6) is -0.459. The smallest absolute Gasteiger partial charge is 0.347 e. The van der Waals surface area contributed by atoms with Crippen LogP contribution in [-0.4, -0.2) is 23.9 Å². The summed E-state index contributed by atoms with van der Waals surface area (Å²) in [6, 6.07) is 25.7. The van der Waals surface area contributed by atoms with Gasteiger partial charge in [0.1, 0.15) is 23.0 Å². The van der Waals surface area contributed by atoms with E-state index in [-0.39, 0.29) is 27.7 Å². The standard InChI is InChI=1S/C37H30O8/c38-33-29-17-15-27(21-31(29)35(40)44-33)42-25-11-7-23(8-12-25)37(19-5-3-1-2-4-6-20-37)24-9-13-26(14-10-24)43-28-16-18-30-32(22-28)36(41)45-34(30)39/h7-18,21-22H,1-6,19-20H2. The van der Waals surface area contributed by atoms with Crippen molar-refractivity contribution in [3.05, 3.63) is 118 Å². The molecule has 45 heavy (non-hydrogen) atoms. The zero-order valence-electron chi connectivity index (χ0n) is 24.5. The summed E-state index contributed by atoms with van der Waals surface area (Å²) in [6.45, 7) is 0. The second-order valence-electron chi connectivity index (χ2n) is 11.7. The van der Waals surface area contributed by atoms with Crippen LogP contribution in [0.4, 0.5) is 0 Å². The fourth-order valence-electron chi connectivity index (χ4n) is 6.64. The third-order valence-corrected chi connectivity index (χ3v) is 8.97. The highest BCUT2D eigenvalue weighted by Gasteiger charge is 2.35. The Balaban J connectivity index is 1.15. The van der Waals surface area contributed by atoms with Crippen molar-refractivity contribution in [3.63, 3.8) is 0 Å². The molecule has 0 atom stereocenters. The summed E-state index contributed by atoms with van der Waals surface area (Å²) in [5.41, 5.74) is 3.12. The summed E-state index contributed by atoms with van der Waals surface area (Å²) in [4.78, 5) is 47.6. The molecule has 0 bridgehead atoms. The summed E-state index contributed by atoms with van der Waals surface area (Å²) in [6.07, 6.45) is 9.12. The molecular formula is C37H30O8. The molecule has 8 nitrogen and oxygen atoms in total. The number of carbonyl (C=O) groups excluding carboxylic acids is 4. The van der Waals surface area contributed by atoms with E-state index in [4.69, 9.17) is 18.9 Å². The second kappa shape index (κ2) is 11.7. The quantitative estimate of drug-likeness (QED) is 0.160. The zero-order valence-corrected chi connectivity index (χ0v) is 24.5. The number of benzene rings is 4. The minimum Gasteiger partial charge on any atom is -0.457 e. The summed E-state index contributed by atoms with van der Waals surface area (Å²) in [5, 5.41) is 0. The topological polar surface area (TPSA) is 105 Å². The van der Waals surface area contributed by atoms with E-state index >= 15 is 0 Å². The molecule has 0 amide bonds. The van der Waals surface area contributed by atoms with Crippen LogP contribution in [0.2, 0.25) is 0 Å². The number of hydrogen-bond donors (Lipinski definition) is 0. The van der Waals surface area contributed by atoms with Gasteiger partial charge in [0, 0.05) is 5.41 Å². The Hall–Kier alpha value is -5.24. The minimum atomic E-state index is -0.664. The van der Waals surface area contributed by atoms with Gasteiger partial charge in [-0.05, 0) is 84.6 Å². The number of hydrogen-bond acceptors (Lipinski definition) is 8. The molecule has 226 valence electrons. The zero-order chi connectivity index (χ0) is 31.0. The molecular weight excluding hydrogens is 572 g/mol. The number of cyclic esters (lactones) is 4. The molecule has 0 radical (unpaired) electrons. The predicted octanol–water partition coefficient (Wildman–Crippen LogP) is 8.31. The Kier molecular flexibility index (Phi) is 7.41. The van der Waals surface area contributed by atoms with Gasteiger partial charge in [-0.1, -0.05) is 62.8 Å². The molecule has 2 heterocycles. The van der Waals surface area contributed by atoms with Crippen molar-refractivity contribution in [1.82, 2.24) is 0 Å². The third-order valence-electron chi connectivity index (χ3n) is 8.97. The molecule has 8 heteroatoms. The van der Waals surface area contributed by atoms with Gasteiger partial charge in [-0.15, -0.1) is 0 Å². The molecule has 0 N–H and O–H groups in total. The molecule has 3 aliphatic rings. The molecule has 0 spiro atoms. The number of fused-ring (bicyclic) bond motifs is 2. The summed E-state index contributed by atoms with van der Waals surface area (Å²) < 4.78 is 21.5. The van der Waals surface area contributed by atoms with E-state index in [9.17, 15) is 19.2 Å². The summed E-state index contributed by atoms with van der Waals surface area (Å²) in [7, 11) is 0. The van der Waals surface area contributed by atoms with Gasteiger partial charge >= 0.3 is 23.9 Å². The van der Waals surface area contributed by atoms with Crippen LogP contribution in [0.5, 0.6) is 23.0 Å². The largest absolute Gasteiger partial charge is 0.457 e. The fourth-order valence-corrected chi connectivity index (χ4v) is 6.64. The Morgan fingerprint density at radius 1 is 0.422 bits per heavy atom.